The van der Waals surface area contributed by atoms with Crippen molar-refractivity contribution >= 4 is 34.2 Å². The Bertz CT molecular complexity index is 1270. The molecule has 0 spiro atoms. The number of rotatable bonds is 6. The third kappa shape index (κ3) is 5.49. The molecule has 0 bridgehead atoms. The second-order valence-electron chi connectivity index (χ2n) is 8.93. The van der Waals surface area contributed by atoms with Gasteiger partial charge in [-0.1, -0.05) is 74.8 Å². The topological polar surface area (TPSA) is 66.9 Å². The number of benzene rings is 3. The zero-order valence-electron chi connectivity index (χ0n) is 19.0. The molecule has 0 radical (unpaired) electrons. The van der Waals surface area contributed by atoms with E-state index >= 15 is 0 Å². The Kier molecular flexibility index (Phi) is 6.61. The Morgan fingerprint density at radius 1 is 0.909 bits per heavy atom. The normalized spacial score (nSPS) is 11.4. The first kappa shape index (κ1) is 22.7. The molecular weight excluding hydrogens is 432 g/mol. The Balaban J connectivity index is 1.45. The first-order chi connectivity index (χ1) is 15.8. The summed E-state index contributed by atoms with van der Waals surface area (Å²) < 4.78 is 0. The predicted molar refractivity (Wildman–Crippen MR) is 136 cm³/mol. The van der Waals surface area contributed by atoms with E-state index in [-0.39, 0.29) is 11.3 Å². The van der Waals surface area contributed by atoms with Crippen LogP contribution in [0.1, 0.15) is 36.7 Å². The molecule has 0 saturated heterocycles. The average molecular weight is 459 g/mol. The molecule has 2 N–H and O–H groups in total. The van der Waals surface area contributed by atoms with Crippen molar-refractivity contribution in [2.75, 3.05) is 18.4 Å². The molecule has 0 unspecified atom stereocenters. The van der Waals surface area contributed by atoms with Gasteiger partial charge in [0.2, 0.25) is 0 Å². The van der Waals surface area contributed by atoms with Crippen molar-refractivity contribution in [3.8, 4) is 11.4 Å². The lowest BCUT2D eigenvalue weighted by Gasteiger charge is -2.19. The molecule has 0 fully saturated rings. The molecule has 0 aliphatic heterocycles. The van der Waals surface area contributed by atoms with Crippen molar-refractivity contribution in [3.63, 3.8) is 0 Å². The minimum absolute atomic E-state index is 0.0576. The van der Waals surface area contributed by atoms with Gasteiger partial charge < -0.3 is 10.6 Å². The summed E-state index contributed by atoms with van der Waals surface area (Å²) in [6.07, 6.45) is 0. The molecular formula is C27H27ClN4O. The maximum Gasteiger partial charge on any atom is 0.251 e. The monoisotopic (exact) mass is 458 g/mol. The lowest BCUT2D eigenvalue weighted by molar-refractivity contribution is 0.0955. The Hall–Kier alpha value is -3.44. The third-order valence-electron chi connectivity index (χ3n) is 5.41. The third-order valence-corrected chi connectivity index (χ3v) is 5.64. The van der Waals surface area contributed by atoms with Gasteiger partial charge in [-0.05, 0) is 41.3 Å². The van der Waals surface area contributed by atoms with E-state index in [4.69, 9.17) is 16.6 Å². The largest absolute Gasteiger partial charge is 0.368 e. The maximum absolute atomic E-state index is 12.5. The minimum Gasteiger partial charge on any atom is -0.368 e. The van der Waals surface area contributed by atoms with Crippen molar-refractivity contribution in [2.45, 2.75) is 26.2 Å². The first-order valence-electron chi connectivity index (χ1n) is 11.0. The molecule has 1 heterocycles. The fourth-order valence-electron chi connectivity index (χ4n) is 3.53. The predicted octanol–water partition coefficient (Wildman–Crippen LogP) is 6.09. The van der Waals surface area contributed by atoms with E-state index in [0.29, 0.717) is 35.3 Å². The Morgan fingerprint density at radius 3 is 2.33 bits per heavy atom. The number of amides is 1. The summed E-state index contributed by atoms with van der Waals surface area (Å²) >= 11 is 6.20. The summed E-state index contributed by atoms with van der Waals surface area (Å²) in [5.41, 5.74) is 3.60. The summed E-state index contributed by atoms with van der Waals surface area (Å²) in [6.45, 7) is 7.44. The van der Waals surface area contributed by atoms with E-state index in [2.05, 4.69) is 36.4 Å². The zero-order chi connectivity index (χ0) is 23.4. The van der Waals surface area contributed by atoms with Crippen LogP contribution in [-0.4, -0.2) is 29.0 Å². The van der Waals surface area contributed by atoms with Gasteiger partial charge in [0, 0.05) is 34.6 Å². The highest BCUT2D eigenvalue weighted by Gasteiger charge is 2.14. The van der Waals surface area contributed by atoms with E-state index in [1.165, 1.54) is 5.56 Å². The number of hydrogen-bond donors (Lipinski definition) is 2. The molecule has 0 atom stereocenters. The molecule has 3 aromatic carbocycles. The van der Waals surface area contributed by atoms with E-state index in [1.807, 2.05) is 72.8 Å². The molecule has 0 aliphatic carbocycles. The van der Waals surface area contributed by atoms with Gasteiger partial charge in [0.25, 0.3) is 5.91 Å². The lowest BCUT2D eigenvalue weighted by Crippen LogP contribution is -2.29. The Morgan fingerprint density at radius 2 is 1.64 bits per heavy atom. The van der Waals surface area contributed by atoms with Gasteiger partial charge in [-0.25, -0.2) is 9.97 Å². The number of aromatic nitrogens is 2. The smallest absolute Gasteiger partial charge is 0.251 e. The number of carbonyl (C=O) groups is 1. The second kappa shape index (κ2) is 9.59. The quantitative estimate of drug-likeness (QED) is 0.343. The maximum atomic E-state index is 12.5. The Labute approximate surface area is 199 Å². The van der Waals surface area contributed by atoms with Crippen molar-refractivity contribution in [3.05, 3.63) is 88.9 Å². The van der Waals surface area contributed by atoms with Gasteiger partial charge in [-0.3, -0.25) is 4.79 Å². The highest BCUT2D eigenvalue weighted by atomic mass is 35.5. The van der Waals surface area contributed by atoms with Crippen LogP contribution in [0.3, 0.4) is 0 Å². The van der Waals surface area contributed by atoms with E-state index in [0.717, 1.165) is 16.5 Å². The van der Waals surface area contributed by atoms with Crippen LogP contribution in [-0.2, 0) is 5.41 Å². The minimum atomic E-state index is -0.0958. The highest BCUT2D eigenvalue weighted by molar-refractivity contribution is 6.31. The summed E-state index contributed by atoms with van der Waals surface area (Å²) in [5.74, 6) is 1.23. The summed E-state index contributed by atoms with van der Waals surface area (Å²) in [7, 11) is 0. The molecule has 5 nitrogen and oxygen atoms in total. The van der Waals surface area contributed by atoms with Crippen LogP contribution < -0.4 is 10.6 Å². The van der Waals surface area contributed by atoms with Crippen LogP contribution in [0, 0.1) is 0 Å². The summed E-state index contributed by atoms with van der Waals surface area (Å²) in [6, 6.07) is 23.1. The molecule has 0 aliphatic rings. The standard InChI is InChI=1S/C27H27ClN4O/c1-27(2,3)20-11-9-19(10-12-20)26(33)30-16-15-29-25-22-14-13-21(28)17-23(22)31-24(32-25)18-7-5-4-6-8-18/h4-14,17H,15-16H2,1-3H3,(H,30,33)(H,29,31,32). The highest BCUT2D eigenvalue weighted by Crippen LogP contribution is 2.27. The molecule has 1 amide bonds. The fraction of sp³-hybridized carbons (Fsp3) is 0.222. The van der Waals surface area contributed by atoms with Gasteiger partial charge in [0.1, 0.15) is 5.82 Å². The number of hydrogen-bond acceptors (Lipinski definition) is 4. The van der Waals surface area contributed by atoms with Crippen LogP contribution in [0.2, 0.25) is 5.02 Å². The molecule has 4 rings (SSSR count). The number of halogens is 1. The molecule has 4 aromatic rings. The average Bonchev–Trinajstić information content (AvgIpc) is 2.81. The summed E-state index contributed by atoms with van der Waals surface area (Å²) in [4.78, 5) is 21.9. The zero-order valence-corrected chi connectivity index (χ0v) is 19.8. The van der Waals surface area contributed by atoms with Gasteiger partial charge >= 0.3 is 0 Å². The molecule has 168 valence electrons. The van der Waals surface area contributed by atoms with Crippen LogP contribution in [0.15, 0.2) is 72.8 Å². The number of carbonyl (C=O) groups excluding carboxylic acids is 1. The van der Waals surface area contributed by atoms with Gasteiger partial charge in [0.15, 0.2) is 5.82 Å². The van der Waals surface area contributed by atoms with Crippen LogP contribution in [0.25, 0.3) is 22.3 Å². The van der Waals surface area contributed by atoms with Gasteiger partial charge in [0.05, 0.1) is 5.52 Å². The van der Waals surface area contributed by atoms with Crippen LogP contribution in [0.4, 0.5) is 5.82 Å². The number of nitrogens with one attached hydrogen (secondary N) is 2. The van der Waals surface area contributed by atoms with E-state index < -0.39 is 0 Å². The van der Waals surface area contributed by atoms with E-state index in [9.17, 15) is 4.79 Å². The second-order valence-corrected chi connectivity index (χ2v) is 9.37. The molecule has 33 heavy (non-hydrogen) atoms. The molecule has 1 aromatic heterocycles. The lowest BCUT2D eigenvalue weighted by atomic mass is 9.87. The van der Waals surface area contributed by atoms with Gasteiger partial charge in [-0.15, -0.1) is 0 Å². The SMILES string of the molecule is CC(C)(C)c1ccc(C(=O)NCCNc2nc(-c3ccccc3)nc3cc(Cl)ccc23)cc1. The molecule has 6 heteroatoms. The number of anilines is 1. The first-order valence-corrected chi connectivity index (χ1v) is 11.3. The van der Waals surface area contributed by atoms with Crippen molar-refractivity contribution in [1.82, 2.24) is 15.3 Å². The summed E-state index contributed by atoms with van der Waals surface area (Å²) in [5, 5.41) is 7.81. The molecule has 0 saturated carbocycles. The number of nitrogens with zero attached hydrogens (tertiary/aromatic N) is 2. The van der Waals surface area contributed by atoms with Gasteiger partial charge in [-0.2, -0.15) is 0 Å². The van der Waals surface area contributed by atoms with Crippen molar-refractivity contribution in [2.24, 2.45) is 0 Å². The van der Waals surface area contributed by atoms with Crippen molar-refractivity contribution < 1.29 is 4.79 Å². The van der Waals surface area contributed by atoms with Crippen LogP contribution in [0.5, 0.6) is 0 Å². The van der Waals surface area contributed by atoms with Crippen molar-refractivity contribution in [1.29, 1.82) is 0 Å². The fourth-order valence-corrected chi connectivity index (χ4v) is 3.70. The number of fused-ring (bicyclic) bond motifs is 1. The van der Waals surface area contributed by atoms with Crippen LogP contribution >= 0.6 is 11.6 Å². The van der Waals surface area contributed by atoms with E-state index in [1.54, 1.807) is 0 Å².